The van der Waals surface area contributed by atoms with E-state index >= 15 is 0 Å². The quantitative estimate of drug-likeness (QED) is 0.795. The van der Waals surface area contributed by atoms with Gasteiger partial charge in [-0.1, -0.05) is 20.8 Å². The van der Waals surface area contributed by atoms with Crippen LogP contribution in [0.2, 0.25) is 0 Å². The van der Waals surface area contributed by atoms with E-state index < -0.39 is 0 Å². The summed E-state index contributed by atoms with van der Waals surface area (Å²) in [5, 5.41) is 6.48. The molecule has 0 bridgehead atoms. The zero-order chi connectivity index (χ0) is 12.2. The Morgan fingerprint density at radius 2 is 1.94 bits per heavy atom. The molecule has 1 aliphatic rings. The summed E-state index contributed by atoms with van der Waals surface area (Å²) in [7, 11) is 0. The van der Waals surface area contributed by atoms with Crippen LogP contribution in [0.3, 0.4) is 0 Å². The van der Waals surface area contributed by atoms with E-state index in [1.807, 2.05) is 0 Å². The number of carbonyl (C=O) groups excluding carboxylic acids is 1. The maximum atomic E-state index is 11.8. The van der Waals surface area contributed by atoms with Crippen molar-refractivity contribution in [2.45, 2.75) is 50.8 Å². The second-order valence-corrected chi connectivity index (χ2v) is 7.56. The summed E-state index contributed by atoms with van der Waals surface area (Å²) in [6.45, 7) is 10.6. The Bertz CT molecular complexity index is 242. The largest absolute Gasteiger partial charge is 0.350 e. The van der Waals surface area contributed by atoms with Crippen LogP contribution in [0.5, 0.6) is 0 Å². The molecular weight excluding hydrogens is 220 g/mol. The van der Waals surface area contributed by atoms with Crippen LogP contribution < -0.4 is 10.6 Å². The third kappa shape index (κ3) is 5.21. The molecule has 1 fully saturated rings. The van der Waals surface area contributed by atoms with Crippen LogP contribution in [0.15, 0.2) is 0 Å². The van der Waals surface area contributed by atoms with Crippen LogP contribution in [0.4, 0.5) is 0 Å². The Labute approximate surface area is 103 Å². The number of hydrogen-bond donors (Lipinski definition) is 2. The van der Waals surface area contributed by atoms with Crippen molar-refractivity contribution in [3.8, 4) is 0 Å². The fraction of sp³-hybridized carbons (Fsp3) is 0.917. The van der Waals surface area contributed by atoms with E-state index in [-0.39, 0.29) is 16.2 Å². The zero-order valence-corrected chi connectivity index (χ0v) is 11.7. The molecule has 1 rings (SSSR count). The van der Waals surface area contributed by atoms with Crippen molar-refractivity contribution < 1.29 is 4.79 Å². The lowest BCUT2D eigenvalue weighted by molar-refractivity contribution is -0.120. The highest BCUT2D eigenvalue weighted by Gasteiger charge is 2.28. The maximum absolute atomic E-state index is 11.8. The van der Waals surface area contributed by atoms with Gasteiger partial charge in [0.05, 0.1) is 5.75 Å². The van der Waals surface area contributed by atoms with Gasteiger partial charge in [-0.3, -0.25) is 4.79 Å². The first-order valence-corrected chi connectivity index (χ1v) is 6.95. The lowest BCUT2D eigenvalue weighted by Gasteiger charge is -2.35. The molecule has 0 unspecified atom stereocenters. The Morgan fingerprint density at radius 3 is 2.44 bits per heavy atom. The van der Waals surface area contributed by atoms with Crippen LogP contribution in [0.25, 0.3) is 0 Å². The fourth-order valence-electron chi connectivity index (χ4n) is 1.76. The predicted molar refractivity (Wildman–Crippen MR) is 70.9 cm³/mol. The average molecular weight is 244 g/mol. The minimum absolute atomic E-state index is 0.000771. The second-order valence-electron chi connectivity index (χ2n) is 5.76. The molecule has 0 aromatic heterocycles. The number of rotatable bonds is 3. The van der Waals surface area contributed by atoms with Crippen molar-refractivity contribution in [2.75, 3.05) is 18.8 Å². The molecule has 0 aliphatic carbocycles. The van der Waals surface area contributed by atoms with E-state index in [0.717, 1.165) is 25.9 Å². The minimum Gasteiger partial charge on any atom is -0.350 e. The fourth-order valence-corrected chi connectivity index (χ4v) is 2.39. The molecule has 0 aromatic carbocycles. The van der Waals surface area contributed by atoms with Gasteiger partial charge < -0.3 is 10.6 Å². The molecule has 0 spiro atoms. The molecular formula is C12H24N2OS. The number of amides is 1. The molecule has 1 amide bonds. The highest BCUT2D eigenvalue weighted by molar-refractivity contribution is 8.01. The van der Waals surface area contributed by atoms with E-state index in [1.165, 1.54) is 0 Å². The average Bonchev–Trinajstić information content (AvgIpc) is 2.14. The highest BCUT2D eigenvalue weighted by Crippen LogP contribution is 2.23. The summed E-state index contributed by atoms with van der Waals surface area (Å²) in [5.74, 6) is 0.733. The lowest BCUT2D eigenvalue weighted by atomic mass is 9.91. The number of piperidine rings is 1. The van der Waals surface area contributed by atoms with Crippen molar-refractivity contribution >= 4 is 17.7 Å². The highest BCUT2D eigenvalue weighted by atomic mass is 32.2. The van der Waals surface area contributed by atoms with Crippen LogP contribution >= 0.6 is 11.8 Å². The van der Waals surface area contributed by atoms with Gasteiger partial charge in [0.1, 0.15) is 0 Å². The molecule has 0 atom stereocenters. The van der Waals surface area contributed by atoms with Crippen molar-refractivity contribution in [3.63, 3.8) is 0 Å². The smallest absolute Gasteiger partial charge is 0.230 e. The van der Waals surface area contributed by atoms with Gasteiger partial charge >= 0.3 is 0 Å². The molecule has 0 saturated carbocycles. The molecule has 2 N–H and O–H groups in total. The third-order valence-corrected chi connectivity index (χ3v) is 4.06. The summed E-state index contributed by atoms with van der Waals surface area (Å²) in [6, 6.07) is 0. The predicted octanol–water partition coefficient (Wildman–Crippen LogP) is 1.78. The molecule has 0 radical (unpaired) electrons. The van der Waals surface area contributed by atoms with Crippen LogP contribution in [0.1, 0.15) is 40.5 Å². The van der Waals surface area contributed by atoms with Gasteiger partial charge in [0, 0.05) is 10.3 Å². The SMILES string of the molecule is CC1(NC(=O)CSC(C)(C)C)CCNCC1. The van der Waals surface area contributed by atoms with Gasteiger partial charge in [-0.15, -0.1) is 11.8 Å². The van der Waals surface area contributed by atoms with E-state index in [1.54, 1.807) is 11.8 Å². The molecule has 0 aromatic rings. The molecule has 1 saturated heterocycles. The molecule has 3 nitrogen and oxygen atoms in total. The first-order valence-electron chi connectivity index (χ1n) is 5.96. The minimum atomic E-state index is 0.000771. The molecule has 1 aliphatic heterocycles. The topological polar surface area (TPSA) is 41.1 Å². The first kappa shape index (κ1) is 13.8. The number of carbonyl (C=O) groups is 1. The van der Waals surface area contributed by atoms with Gasteiger partial charge in [0.15, 0.2) is 0 Å². The summed E-state index contributed by atoms with van der Waals surface area (Å²) < 4.78 is 0.159. The normalized spacial score (nSPS) is 20.5. The third-order valence-electron chi connectivity index (χ3n) is 2.78. The Balaban J connectivity index is 2.33. The second kappa shape index (κ2) is 5.41. The number of nitrogens with one attached hydrogen (secondary N) is 2. The van der Waals surface area contributed by atoms with Crippen molar-refractivity contribution in [1.82, 2.24) is 10.6 Å². The van der Waals surface area contributed by atoms with E-state index in [4.69, 9.17) is 0 Å². The number of hydrogen-bond acceptors (Lipinski definition) is 3. The van der Waals surface area contributed by atoms with Crippen LogP contribution in [-0.4, -0.2) is 35.0 Å². The molecule has 4 heteroatoms. The van der Waals surface area contributed by atoms with Gasteiger partial charge in [-0.25, -0.2) is 0 Å². The molecule has 94 valence electrons. The Morgan fingerprint density at radius 1 is 1.38 bits per heavy atom. The lowest BCUT2D eigenvalue weighted by Crippen LogP contribution is -2.52. The monoisotopic (exact) mass is 244 g/mol. The summed E-state index contributed by atoms with van der Waals surface area (Å²) >= 11 is 1.70. The van der Waals surface area contributed by atoms with Crippen LogP contribution in [0, 0.1) is 0 Å². The van der Waals surface area contributed by atoms with E-state index in [2.05, 4.69) is 38.3 Å². The van der Waals surface area contributed by atoms with Gasteiger partial charge in [-0.2, -0.15) is 0 Å². The van der Waals surface area contributed by atoms with E-state index in [0.29, 0.717) is 5.75 Å². The zero-order valence-electron chi connectivity index (χ0n) is 10.9. The van der Waals surface area contributed by atoms with Crippen molar-refractivity contribution in [3.05, 3.63) is 0 Å². The van der Waals surface area contributed by atoms with Gasteiger partial charge in [-0.05, 0) is 32.9 Å². The maximum Gasteiger partial charge on any atom is 0.230 e. The van der Waals surface area contributed by atoms with Crippen molar-refractivity contribution in [1.29, 1.82) is 0 Å². The summed E-state index contributed by atoms with van der Waals surface area (Å²) in [5.41, 5.74) is 0.000771. The Hall–Kier alpha value is -0.220. The summed E-state index contributed by atoms with van der Waals surface area (Å²) in [6.07, 6.45) is 2.05. The van der Waals surface area contributed by atoms with Gasteiger partial charge in [0.2, 0.25) is 5.91 Å². The van der Waals surface area contributed by atoms with E-state index in [9.17, 15) is 4.79 Å². The standard InChI is InChI=1S/C12H24N2OS/c1-11(2,3)16-9-10(15)14-12(4)5-7-13-8-6-12/h13H,5-9H2,1-4H3,(H,14,15). The Kier molecular flexibility index (Phi) is 4.68. The summed E-state index contributed by atoms with van der Waals surface area (Å²) in [4.78, 5) is 11.8. The molecule has 16 heavy (non-hydrogen) atoms. The number of thioether (sulfide) groups is 1. The first-order chi connectivity index (χ1) is 7.31. The molecule has 1 heterocycles. The van der Waals surface area contributed by atoms with Crippen LogP contribution in [-0.2, 0) is 4.79 Å². The van der Waals surface area contributed by atoms with Gasteiger partial charge in [0.25, 0.3) is 0 Å². The van der Waals surface area contributed by atoms with Crippen molar-refractivity contribution in [2.24, 2.45) is 0 Å².